The maximum Gasteiger partial charge on any atom is 0.243 e. The van der Waals surface area contributed by atoms with E-state index in [0.29, 0.717) is 11.2 Å². The highest BCUT2D eigenvalue weighted by Gasteiger charge is 2.25. The van der Waals surface area contributed by atoms with E-state index < -0.39 is 0 Å². The number of hydrogen-bond donors (Lipinski definition) is 2. The second-order valence-corrected chi connectivity index (χ2v) is 5.91. The van der Waals surface area contributed by atoms with Gasteiger partial charge in [0.15, 0.2) is 5.13 Å². The second-order valence-electron chi connectivity index (χ2n) is 5.06. The summed E-state index contributed by atoms with van der Waals surface area (Å²) in [5.74, 6) is -0.0224. The smallest absolute Gasteiger partial charge is 0.243 e. The van der Waals surface area contributed by atoms with Gasteiger partial charge in [-0.2, -0.15) is 0 Å². The summed E-state index contributed by atoms with van der Waals surface area (Å²) < 4.78 is 0. The Hall–Kier alpha value is -1.72. The van der Waals surface area contributed by atoms with Crippen LogP contribution in [0, 0.1) is 0 Å². The molecule has 2 N–H and O–H groups in total. The topological polar surface area (TPSA) is 54.0 Å². The molecule has 5 heteroatoms. The van der Waals surface area contributed by atoms with E-state index in [1.54, 1.807) is 0 Å². The van der Waals surface area contributed by atoms with Crippen LogP contribution >= 0.6 is 11.3 Å². The molecular weight excluding hydrogens is 270 g/mol. The fourth-order valence-corrected chi connectivity index (χ4v) is 2.69. The Morgan fingerprint density at radius 1 is 1.35 bits per heavy atom. The Morgan fingerprint density at radius 3 is 2.80 bits per heavy atom. The van der Waals surface area contributed by atoms with Crippen molar-refractivity contribution < 1.29 is 4.79 Å². The quantitative estimate of drug-likeness (QED) is 0.889. The van der Waals surface area contributed by atoms with E-state index in [1.807, 2.05) is 42.6 Å². The number of hydrogen-bond acceptors (Lipinski definition) is 4. The molecule has 1 aliphatic rings. The van der Waals surface area contributed by atoms with E-state index in [9.17, 15) is 4.79 Å². The van der Waals surface area contributed by atoms with Gasteiger partial charge in [0.1, 0.15) is 0 Å². The first-order valence-electron chi connectivity index (χ1n) is 6.80. The molecule has 1 aliphatic carbocycles. The molecule has 1 fully saturated rings. The standard InChI is InChI=1S/C15H17N3OS/c1-10(16-12-7-8-12)14(19)18-15-17-13(9-20-15)11-5-3-2-4-6-11/h2-6,9-10,12,16H,7-8H2,1H3,(H,17,18,19). The predicted octanol–water partition coefficient (Wildman–Crippen LogP) is 2.89. The van der Waals surface area contributed by atoms with Gasteiger partial charge in [0, 0.05) is 17.0 Å². The van der Waals surface area contributed by atoms with Gasteiger partial charge >= 0.3 is 0 Å². The van der Waals surface area contributed by atoms with E-state index >= 15 is 0 Å². The van der Waals surface area contributed by atoms with Crippen LogP contribution in [0.1, 0.15) is 19.8 Å². The molecule has 4 nitrogen and oxygen atoms in total. The summed E-state index contributed by atoms with van der Waals surface area (Å²) in [6.07, 6.45) is 2.35. The number of aromatic nitrogens is 1. The third kappa shape index (κ3) is 3.23. The Labute approximate surface area is 122 Å². The van der Waals surface area contributed by atoms with Crippen LogP contribution in [-0.2, 0) is 4.79 Å². The van der Waals surface area contributed by atoms with Crippen LogP contribution in [0.3, 0.4) is 0 Å². The minimum atomic E-state index is -0.174. The number of carbonyl (C=O) groups excluding carboxylic acids is 1. The maximum absolute atomic E-state index is 12.0. The summed E-state index contributed by atoms with van der Waals surface area (Å²) in [7, 11) is 0. The van der Waals surface area contributed by atoms with Crippen molar-refractivity contribution in [3.8, 4) is 11.3 Å². The summed E-state index contributed by atoms with van der Waals surface area (Å²) in [5.41, 5.74) is 1.96. The number of nitrogens with zero attached hydrogens (tertiary/aromatic N) is 1. The van der Waals surface area contributed by atoms with Gasteiger partial charge in [-0.15, -0.1) is 11.3 Å². The molecule has 0 saturated heterocycles. The summed E-state index contributed by atoms with van der Waals surface area (Å²) >= 11 is 1.45. The highest BCUT2D eigenvalue weighted by atomic mass is 32.1. The third-order valence-electron chi connectivity index (χ3n) is 3.26. The fourth-order valence-electron chi connectivity index (χ4n) is 1.97. The zero-order valence-corrected chi connectivity index (χ0v) is 12.1. The lowest BCUT2D eigenvalue weighted by molar-refractivity contribution is -0.117. The zero-order chi connectivity index (χ0) is 13.9. The van der Waals surface area contributed by atoms with Crippen LogP contribution in [0.4, 0.5) is 5.13 Å². The molecule has 1 unspecified atom stereocenters. The molecule has 20 heavy (non-hydrogen) atoms. The highest BCUT2D eigenvalue weighted by molar-refractivity contribution is 7.14. The minimum absolute atomic E-state index is 0.0224. The molecule has 0 spiro atoms. The monoisotopic (exact) mass is 287 g/mol. The van der Waals surface area contributed by atoms with E-state index in [4.69, 9.17) is 0 Å². The number of nitrogens with one attached hydrogen (secondary N) is 2. The molecule has 0 aliphatic heterocycles. The van der Waals surface area contributed by atoms with E-state index in [0.717, 1.165) is 11.3 Å². The number of benzene rings is 1. The second kappa shape index (κ2) is 5.73. The largest absolute Gasteiger partial charge is 0.303 e. The average molecular weight is 287 g/mol. The van der Waals surface area contributed by atoms with Gasteiger partial charge in [0.05, 0.1) is 11.7 Å². The van der Waals surface area contributed by atoms with E-state index in [2.05, 4.69) is 15.6 Å². The molecule has 1 aromatic heterocycles. The highest BCUT2D eigenvalue weighted by Crippen LogP contribution is 2.25. The maximum atomic E-state index is 12.0. The first-order valence-corrected chi connectivity index (χ1v) is 7.68. The third-order valence-corrected chi connectivity index (χ3v) is 4.02. The molecule has 1 aromatic carbocycles. The lowest BCUT2D eigenvalue weighted by Crippen LogP contribution is -2.39. The van der Waals surface area contributed by atoms with Crippen LogP contribution in [0.2, 0.25) is 0 Å². The van der Waals surface area contributed by atoms with Crippen LogP contribution in [0.5, 0.6) is 0 Å². The van der Waals surface area contributed by atoms with Crippen molar-refractivity contribution in [1.82, 2.24) is 10.3 Å². The molecule has 1 heterocycles. The van der Waals surface area contributed by atoms with Gasteiger partial charge in [-0.3, -0.25) is 4.79 Å². The number of rotatable bonds is 5. The zero-order valence-electron chi connectivity index (χ0n) is 11.3. The molecule has 1 saturated carbocycles. The lowest BCUT2D eigenvalue weighted by Gasteiger charge is -2.11. The van der Waals surface area contributed by atoms with Crippen molar-refractivity contribution in [2.24, 2.45) is 0 Å². The predicted molar refractivity (Wildman–Crippen MR) is 81.8 cm³/mol. The minimum Gasteiger partial charge on any atom is -0.303 e. The summed E-state index contributed by atoms with van der Waals surface area (Å²) in [5, 5.41) is 8.76. The first-order chi connectivity index (χ1) is 9.72. The van der Waals surface area contributed by atoms with Crippen molar-refractivity contribution in [2.75, 3.05) is 5.32 Å². The van der Waals surface area contributed by atoms with Gasteiger partial charge < -0.3 is 10.6 Å². The van der Waals surface area contributed by atoms with Crippen molar-refractivity contribution in [2.45, 2.75) is 31.8 Å². The molecular formula is C15H17N3OS. The summed E-state index contributed by atoms with van der Waals surface area (Å²) in [4.78, 5) is 16.5. The van der Waals surface area contributed by atoms with Crippen LogP contribution in [-0.4, -0.2) is 23.0 Å². The number of anilines is 1. The van der Waals surface area contributed by atoms with E-state index in [1.165, 1.54) is 24.2 Å². The van der Waals surface area contributed by atoms with Gasteiger partial charge in [0.25, 0.3) is 0 Å². The van der Waals surface area contributed by atoms with Gasteiger partial charge in [-0.1, -0.05) is 30.3 Å². The SMILES string of the molecule is CC(NC1CC1)C(=O)Nc1nc(-c2ccccc2)cs1. The normalized spacial score (nSPS) is 15.8. The number of amides is 1. The molecule has 3 rings (SSSR count). The first kappa shape index (κ1) is 13.3. The average Bonchev–Trinajstić information content (AvgIpc) is 3.16. The number of thiazole rings is 1. The van der Waals surface area contributed by atoms with Gasteiger partial charge in [-0.25, -0.2) is 4.98 Å². The molecule has 1 amide bonds. The Balaban J connectivity index is 1.63. The van der Waals surface area contributed by atoms with Crippen molar-refractivity contribution >= 4 is 22.4 Å². The van der Waals surface area contributed by atoms with E-state index in [-0.39, 0.29) is 11.9 Å². The van der Waals surface area contributed by atoms with Crippen molar-refractivity contribution in [1.29, 1.82) is 0 Å². The lowest BCUT2D eigenvalue weighted by atomic mass is 10.2. The Morgan fingerprint density at radius 2 is 2.10 bits per heavy atom. The van der Waals surface area contributed by atoms with Gasteiger partial charge in [0.2, 0.25) is 5.91 Å². The van der Waals surface area contributed by atoms with Gasteiger partial charge in [-0.05, 0) is 19.8 Å². The van der Waals surface area contributed by atoms with Crippen LogP contribution in [0.15, 0.2) is 35.7 Å². The number of carbonyl (C=O) groups is 1. The molecule has 104 valence electrons. The molecule has 0 radical (unpaired) electrons. The Bertz CT molecular complexity index is 592. The summed E-state index contributed by atoms with van der Waals surface area (Å²) in [6.45, 7) is 1.89. The van der Waals surface area contributed by atoms with Crippen molar-refractivity contribution in [3.05, 3.63) is 35.7 Å². The van der Waals surface area contributed by atoms with Crippen LogP contribution < -0.4 is 10.6 Å². The van der Waals surface area contributed by atoms with Crippen molar-refractivity contribution in [3.63, 3.8) is 0 Å². The fraction of sp³-hybridized carbons (Fsp3) is 0.333. The molecule has 0 bridgehead atoms. The Kier molecular flexibility index (Phi) is 3.80. The van der Waals surface area contributed by atoms with Crippen LogP contribution in [0.25, 0.3) is 11.3 Å². The molecule has 2 aromatic rings. The molecule has 1 atom stereocenters. The summed E-state index contributed by atoms with van der Waals surface area (Å²) in [6, 6.07) is 10.3.